The highest BCUT2D eigenvalue weighted by molar-refractivity contribution is 5.52. The van der Waals surface area contributed by atoms with Crippen molar-refractivity contribution in [3.63, 3.8) is 0 Å². The van der Waals surface area contributed by atoms with Crippen LogP contribution in [0.25, 0.3) is 0 Å². The zero-order chi connectivity index (χ0) is 12.5. The molecular weight excluding hydrogens is 226 g/mol. The number of hydrogen-bond acceptors (Lipinski definition) is 3. The Balaban J connectivity index is 1.72. The van der Waals surface area contributed by atoms with Gasteiger partial charge in [0.1, 0.15) is 5.75 Å². The van der Waals surface area contributed by atoms with Crippen LogP contribution in [-0.4, -0.2) is 16.4 Å². The van der Waals surface area contributed by atoms with Crippen molar-refractivity contribution in [2.24, 2.45) is 7.05 Å². The van der Waals surface area contributed by atoms with Gasteiger partial charge in [0.2, 0.25) is 0 Å². The second-order valence-corrected chi connectivity index (χ2v) is 4.69. The molecule has 2 aromatic rings. The predicted octanol–water partition coefficient (Wildman–Crippen LogP) is 2.28. The molecule has 4 heteroatoms. The van der Waals surface area contributed by atoms with Gasteiger partial charge in [0.25, 0.3) is 0 Å². The number of benzene rings is 1. The molecule has 0 amide bonds. The van der Waals surface area contributed by atoms with E-state index in [-0.39, 0.29) is 0 Å². The summed E-state index contributed by atoms with van der Waals surface area (Å²) in [6, 6.07) is 6.28. The van der Waals surface area contributed by atoms with E-state index in [1.807, 2.05) is 24.7 Å². The first-order chi connectivity index (χ1) is 8.72. The molecular formula is C14H17N3O. The highest BCUT2D eigenvalue weighted by Gasteiger charge is 2.12. The number of aromatic nitrogens is 2. The lowest BCUT2D eigenvalue weighted by molar-refractivity contribution is 0.357. The average Bonchev–Trinajstić information content (AvgIpc) is 2.92. The quantitative estimate of drug-likeness (QED) is 0.899. The molecule has 1 aliphatic rings. The van der Waals surface area contributed by atoms with E-state index in [1.54, 1.807) is 0 Å². The Morgan fingerprint density at radius 2 is 2.33 bits per heavy atom. The molecule has 1 N–H and O–H groups in total. The van der Waals surface area contributed by atoms with Gasteiger partial charge in [-0.1, -0.05) is 0 Å². The molecule has 0 unspecified atom stereocenters. The molecule has 0 fully saturated rings. The van der Waals surface area contributed by atoms with Gasteiger partial charge in [0.15, 0.2) is 0 Å². The summed E-state index contributed by atoms with van der Waals surface area (Å²) in [6.45, 7) is 3.65. The lowest BCUT2D eigenvalue weighted by atomic mass is 10.1. The standard InChI is InChI=1S/C14H17N3O/c1-10-12(9-17(2)16-10)8-15-13-3-4-14-11(7-13)5-6-18-14/h3-4,7,9,15H,5-6,8H2,1-2H3. The van der Waals surface area contributed by atoms with Gasteiger partial charge in [-0.2, -0.15) is 5.10 Å². The van der Waals surface area contributed by atoms with Crippen LogP contribution in [0.15, 0.2) is 24.4 Å². The van der Waals surface area contributed by atoms with E-state index in [1.165, 1.54) is 11.1 Å². The fourth-order valence-electron chi connectivity index (χ4n) is 2.32. The SMILES string of the molecule is Cc1nn(C)cc1CNc1ccc2c(c1)CCO2. The Morgan fingerprint density at radius 1 is 1.44 bits per heavy atom. The molecule has 4 nitrogen and oxygen atoms in total. The number of fused-ring (bicyclic) bond motifs is 1. The first-order valence-electron chi connectivity index (χ1n) is 6.21. The van der Waals surface area contributed by atoms with E-state index in [0.29, 0.717) is 0 Å². The number of anilines is 1. The van der Waals surface area contributed by atoms with E-state index in [0.717, 1.165) is 36.7 Å². The summed E-state index contributed by atoms with van der Waals surface area (Å²) >= 11 is 0. The second kappa shape index (κ2) is 4.37. The number of nitrogens with zero attached hydrogens (tertiary/aromatic N) is 2. The number of ether oxygens (including phenoxy) is 1. The Labute approximate surface area is 107 Å². The molecule has 0 atom stereocenters. The normalized spacial score (nSPS) is 13.2. The highest BCUT2D eigenvalue weighted by Crippen LogP contribution is 2.28. The van der Waals surface area contributed by atoms with Crippen molar-refractivity contribution in [1.82, 2.24) is 9.78 Å². The molecule has 1 aliphatic heterocycles. The summed E-state index contributed by atoms with van der Waals surface area (Å²) in [4.78, 5) is 0. The molecule has 0 saturated carbocycles. The van der Waals surface area contributed by atoms with Gasteiger partial charge in [-0.25, -0.2) is 0 Å². The van der Waals surface area contributed by atoms with Crippen LogP contribution in [-0.2, 0) is 20.0 Å². The maximum Gasteiger partial charge on any atom is 0.122 e. The molecule has 0 radical (unpaired) electrons. The van der Waals surface area contributed by atoms with Crippen LogP contribution >= 0.6 is 0 Å². The third-order valence-electron chi connectivity index (χ3n) is 3.29. The Morgan fingerprint density at radius 3 is 3.11 bits per heavy atom. The second-order valence-electron chi connectivity index (χ2n) is 4.69. The molecule has 0 spiro atoms. The monoisotopic (exact) mass is 243 g/mol. The van der Waals surface area contributed by atoms with Gasteiger partial charge < -0.3 is 10.1 Å². The summed E-state index contributed by atoms with van der Waals surface area (Å²) < 4.78 is 7.35. The van der Waals surface area contributed by atoms with Crippen molar-refractivity contribution < 1.29 is 4.74 Å². The third kappa shape index (κ3) is 2.06. The van der Waals surface area contributed by atoms with Crippen LogP contribution in [0.4, 0.5) is 5.69 Å². The maximum atomic E-state index is 5.50. The minimum atomic E-state index is 0.805. The molecule has 0 aliphatic carbocycles. The summed E-state index contributed by atoms with van der Waals surface area (Å²) in [5, 5.41) is 7.77. The van der Waals surface area contributed by atoms with Gasteiger partial charge in [0, 0.05) is 37.5 Å². The molecule has 18 heavy (non-hydrogen) atoms. The molecule has 2 heterocycles. The van der Waals surface area contributed by atoms with E-state index < -0.39 is 0 Å². The topological polar surface area (TPSA) is 39.1 Å². The first kappa shape index (κ1) is 11.1. The molecule has 1 aromatic heterocycles. The minimum absolute atomic E-state index is 0.805. The van der Waals surface area contributed by atoms with Crippen LogP contribution in [0, 0.1) is 6.92 Å². The van der Waals surface area contributed by atoms with Gasteiger partial charge in [-0.05, 0) is 30.7 Å². The molecule has 0 saturated heterocycles. The zero-order valence-corrected chi connectivity index (χ0v) is 10.7. The van der Waals surface area contributed by atoms with Crippen molar-refractivity contribution in [3.8, 4) is 5.75 Å². The number of nitrogens with one attached hydrogen (secondary N) is 1. The van der Waals surface area contributed by atoms with Gasteiger partial charge in [-0.15, -0.1) is 0 Å². The summed E-state index contributed by atoms with van der Waals surface area (Å²) in [5.41, 5.74) is 4.74. The van der Waals surface area contributed by atoms with Crippen LogP contribution in [0.5, 0.6) is 5.75 Å². The van der Waals surface area contributed by atoms with Crippen molar-refractivity contribution in [3.05, 3.63) is 41.2 Å². The first-order valence-corrected chi connectivity index (χ1v) is 6.21. The molecule has 94 valence electrons. The van der Waals surface area contributed by atoms with Crippen LogP contribution in [0.2, 0.25) is 0 Å². The van der Waals surface area contributed by atoms with E-state index in [2.05, 4.69) is 28.7 Å². The zero-order valence-electron chi connectivity index (χ0n) is 10.7. The van der Waals surface area contributed by atoms with E-state index in [4.69, 9.17) is 4.74 Å². The Bertz CT molecular complexity index is 574. The number of rotatable bonds is 3. The van der Waals surface area contributed by atoms with Crippen molar-refractivity contribution in [2.75, 3.05) is 11.9 Å². The van der Waals surface area contributed by atoms with Gasteiger partial charge in [0.05, 0.1) is 12.3 Å². The maximum absolute atomic E-state index is 5.50. The Kier molecular flexibility index (Phi) is 2.70. The lowest BCUT2D eigenvalue weighted by Crippen LogP contribution is -2.00. The number of hydrogen-bond donors (Lipinski definition) is 1. The number of aryl methyl sites for hydroxylation is 2. The summed E-state index contributed by atoms with van der Waals surface area (Å²) in [5.74, 6) is 1.03. The highest BCUT2D eigenvalue weighted by atomic mass is 16.5. The minimum Gasteiger partial charge on any atom is -0.493 e. The summed E-state index contributed by atoms with van der Waals surface area (Å²) in [6.07, 6.45) is 3.07. The molecule has 3 rings (SSSR count). The average molecular weight is 243 g/mol. The van der Waals surface area contributed by atoms with Crippen LogP contribution < -0.4 is 10.1 Å². The van der Waals surface area contributed by atoms with Crippen molar-refractivity contribution >= 4 is 5.69 Å². The fraction of sp³-hybridized carbons (Fsp3) is 0.357. The van der Waals surface area contributed by atoms with E-state index in [9.17, 15) is 0 Å². The van der Waals surface area contributed by atoms with Gasteiger partial charge >= 0.3 is 0 Å². The van der Waals surface area contributed by atoms with Crippen LogP contribution in [0.3, 0.4) is 0 Å². The Hall–Kier alpha value is -1.97. The molecule has 0 bridgehead atoms. The lowest BCUT2D eigenvalue weighted by Gasteiger charge is -2.07. The van der Waals surface area contributed by atoms with Gasteiger partial charge in [-0.3, -0.25) is 4.68 Å². The smallest absolute Gasteiger partial charge is 0.122 e. The largest absolute Gasteiger partial charge is 0.493 e. The van der Waals surface area contributed by atoms with Crippen molar-refractivity contribution in [2.45, 2.75) is 19.9 Å². The van der Waals surface area contributed by atoms with E-state index >= 15 is 0 Å². The van der Waals surface area contributed by atoms with Crippen LogP contribution in [0.1, 0.15) is 16.8 Å². The third-order valence-corrected chi connectivity index (χ3v) is 3.29. The molecule has 1 aromatic carbocycles. The summed E-state index contributed by atoms with van der Waals surface area (Å²) in [7, 11) is 1.95. The fourth-order valence-corrected chi connectivity index (χ4v) is 2.32. The van der Waals surface area contributed by atoms with Crippen molar-refractivity contribution in [1.29, 1.82) is 0 Å². The predicted molar refractivity (Wildman–Crippen MR) is 70.9 cm³/mol.